The molecule has 0 unspecified atom stereocenters. The minimum atomic E-state index is -0.600. The quantitative estimate of drug-likeness (QED) is 0.515. The van der Waals surface area contributed by atoms with Crippen molar-refractivity contribution in [3.8, 4) is 0 Å². The Morgan fingerprint density at radius 1 is 1.06 bits per heavy atom. The SMILES string of the molecule is CCOC(=O)O[C@@H]1CC[C@@]2(C)[C@@H](C1)C[C@@H](O)[C@@H]1[C@@H]2C[C@H](O)[C@]2(C)[C@@H]([C@H](C)CCC(=O)OC)CC[C@@H]12. The van der Waals surface area contributed by atoms with Gasteiger partial charge in [-0.2, -0.15) is 0 Å². The van der Waals surface area contributed by atoms with E-state index in [0.717, 1.165) is 44.9 Å². The van der Waals surface area contributed by atoms with Gasteiger partial charge in [-0.25, -0.2) is 4.79 Å². The number of fused-ring (bicyclic) bond motifs is 5. The minimum absolute atomic E-state index is 0.0231. The summed E-state index contributed by atoms with van der Waals surface area (Å²) in [5.74, 6) is 1.46. The average Bonchev–Trinajstić information content (AvgIpc) is 3.17. The molecule has 2 N–H and O–H groups in total. The number of rotatable bonds is 6. The lowest BCUT2D eigenvalue weighted by atomic mass is 9.43. The maximum absolute atomic E-state index is 11.9. The van der Waals surface area contributed by atoms with Crippen LogP contribution in [-0.4, -0.2) is 54.4 Å². The van der Waals surface area contributed by atoms with Crippen molar-refractivity contribution in [3.05, 3.63) is 0 Å². The van der Waals surface area contributed by atoms with Crippen LogP contribution in [0.3, 0.4) is 0 Å². The van der Waals surface area contributed by atoms with Crippen molar-refractivity contribution >= 4 is 12.1 Å². The lowest BCUT2D eigenvalue weighted by Crippen LogP contribution is -2.62. The normalized spacial score (nSPS) is 45.5. The predicted molar refractivity (Wildman–Crippen MR) is 130 cm³/mol. The molecule has 35 heavy (non-hydrogen) atoms. The number of carbonyl (C=O) groups excluding carboxylic acids is 2. The van der Waals surface area contributed by atoms with Crippen molar-refractivity contribution in [2.45, 2.75) is 104 Å². The van der Waals surface area contributed by atoms with Crippen LogP contribution in [-0.2, 0) is 19.0 Å². The molecule has 0 aromatic heterocycles. The lowest BCUT2D eigenvalue weighted by molar-refractivity contribution is -0.207. The van der Waals surface area contributed by atoms with Gasteiger partial charge in [0.05, 0.1) is 25.9 Å². The van der Waals surface area contributed by atoms with E-state index in [2.05, 4.69) is 20.8 Å². The highest BCUT2D eigenvalue weighted by atomic mass is 16.7. The van der Waals surface area contributed by atoms with Crippen molar-refractivity contribution in [1.82, 2.24) is 0 Å². The van der Waals surface area contributed by atoms with E-state index in [0.29, 0.717) is 31.3 Å². The van der Waals surface area contributed by atoms with Gasteiger partial charge in [-0.1, -0.05) is 20.8 Å². The van der Waals surface area contributed by atoms with Crippen molar-refractivity contribution in [2.24, 2.45) is 46.3 Å². The van der Waals surface area contributed by atoms with Gasteiger partial charge in [0.1, 0.15) is 6.10 Å². The molecule has 0 amide bonds. The molecule has 0 bridgehead atoms. The second-order valence-corrected chi connectivity index (χ2v) is 12.4. The summed E-state index contributed by atoms with van der Waals surface area (Å²) in [5.41, 5.74) is -0.222. The summed E-state index contributed by atoms with van der Waals surface area (Å²) in [6.07, 6.45) is 5.58. The van der Waals surface area contributed by atoms with Crippen LogP contribution < -0.4 is 0 Å². The summed E-state index contributed by atoms with van der Waals surface area (Å²) in [7, 11) is 1.43. The van der Waals surface area contributed by atoms with Crippen LogP contribution in [0.15, 0.2) is 0 Å². The van der Waals surface area contributed by atoms with Gasteiger partial charge in [-0.15, -0.1) is 0 Å². The standard InChI is InChI=1S/C28H46O7/c1-6-34-26(32)35-18-11-12-27(3)17(13-18)14-22(29)25-20-9-8-19(16(2)7-10-24(31)33-5)28(20,4)23(30)15-21(25)27/h16-23,25,29-30H,6-15H2,1-5H3/t16-,17+,18-,19-,20+,21+,22-,23+,25+,27+,28-/m1/s1. The summed E-state index contributed by atoms with van der Waals surface area (Å²) in [6, 6.07) is 0. The first-order valence-corrected chi connectivity index (χ1v) is 13.8. The van der Waals surface area contributed by atoms with E-state index in [4.69, 9.17) is 14.2 Å². The van der Waals surface area contributed by atoms with Crippen LogP contribution in [0.5, 0.6) is 0 Å². The van der Waals surface area contributed by atoms with Crippen LogP contribution >= 0.6 is 0 Å². The number of carbonyl (C=O) groups is 2. The van der Waals surface area contributed by atoms with Crippen LogP contribution in [0.2, 0.25) is 0 Å². The summed E-state index contributed by atoms with van der Waals surface area (Å²) in [6.45, 7) is 8.88. The summed E-state index contributed by atoms with van der Waals surface area (Å²) in [4.78, 5) is 23.6. The fourth-order valence-corrected chi connectivity index (χ4v) is 9.16. The third-order valence-corrected chi connectivity index (χ3v) is 11.1. The molecule has 7 heteroatoms. The highest BCUT2D eigenvalue weighted by molar-refractivity contribution is 5.69. The average molecular weight is 495 g/mol. The lowest BCUT2D eigenvalue weighted by Gasteiger charge is -2.63. The second kappa shape index (κ2) is 10.2. The van der Waals surface area contributed by atoms with E-state index >= 15 is 0 Å². The van der Waals surface area contributed by atoms with E-state index in [9.17, 15) is 19.8 Å². The Morgan fingerprint density at radius 2 is 1.80 bits per heavy atom. The molecule has 0 radical (unpaired) electrons. The first-order valence-electron chi connectivity index (χ1n) is 13.8. The monoisotopic (exact) mass is 494 g/mol. The van der Waals surface area contributed by atoms with Crippen molar-refractivity contribution in [1.29, 1.82) is 0 Å². The highest BCUT2D eigenvalue weighted by Gasteiger charge is 2.65. The Kier molecular flexibility index (Phi) is 7.78. The molecule has 0 aromatic carbocycles. The largest absolute Gasteiger partial charge is 0.508 e. The molecule has 0 aliphatic heterocycles. The zero-order chi connectivity index (χ0) is 25.5. The number of aliphatic hydroxyl groups is 2. The Bertz CT molecular complexity index is 785. The van der Waals surface area contributed by atoms with Gasteiger partial charge in [0.2, 0.25) is 0 Å². The number of esters is 1. The van der Waals surface area contributed by atoms with Gasteiger partial charge in [0, 0.05) is 6.42 Å². The molecule has 4 saturated carbocycles. The minimum Gasteiger partial charge on any atom is -0.469 e. The van der Waals surface area contributed by atoms with Crippen LogP contribution in [0.25, 0.3) is 0 Å². The molecule has 0 saturated heterocycles. The predicted octanol–water partition coefficient (Wildman–Crippen LogP) is 4.72. The molecule has 4 aliphatic rings. The first-order chi connectivity index (χ1) is 16.6. The number of hydrogen-bond donors (Lipinski definition) is 2. The van der Waals surface area contributed by atoms with Crippen molar-refractivity contribution < 1.29 is 34.0 Å². The number of methoxy groups -OCH3 is 1. The zero-order valence-corrected chi connectivity index (χ0v) is 22.2. The molecule has 4 aliphatic carbocycles. The van der Waals surface area contributed by atoms with Crippen LogP contribution in [0, 0.1) is 46.3 Å². The Labute approximate surface area is 210 Å². The van der Waals surface area contributed by atoms with Gasteiger partial charge in [0.25, 0.3) is 0 Å². The third-order valence-electron chi connectivity index (χ3n) is 11.1. The molecule has 4 fully saturated rings. The smallest absolute Gasteiger partial charge is 0.469 e. The van der Waals surface area contributed by atoms with Gasteiger partial charge in [-0.3, -0.25) is 4.79 Å². The van der Waals surface area contributed by atoms with Gasteiger partial charge in [0.15, 0.2) is 0 Å². The molecule has 200 valence electrons. The van der Waals surface area contributed by atoms with E-state index in [1.54, 1.807) is 6.92 Å². The molecular weight excluding hydrogens is 448 g/mol. The van der Waals surface area contributed by atoms with E-state index in [-0.39, 0.29) is 46.6 Å². The zero-order valence-electron chi connectivity index (χ0n) is 22.2. The van der Waals surface area contributed by atoms with Gasteiger partial charge < -0.3 is 24.4 Å². The molecule has 0 spiro atoms. The second-order valence-electron chi connectivity index (χ2n) is 12.4. The maximum Gasteiger partial charge on any atom is 0.508 e. The number of ether oxygens (including phenoxy) is 3. The molecule has 0 aromatic rings. The Hall–Kier alpha value is -1.34. The molecule has 4 rings (SSSR count). The van der Waals surface area contributed by atoms with Crippen molar-refractivity contribution in [3.63, 3.8) is 0 Å². The summed E-state index contributed by atoms with van der Waals surface area (Å²) in [5, 5.41) is 23.2. The third kappa shape index (κ3) is 4.60. The Balaban J connectivity index is 1.50. The number of aliphatic hydroxyl groups excluding tert-OH is 2. The van der Waals surface area contributed by atoms with Crippen LogP contribution in [0.1, 0.15) is 85.5 Å². The molecule has 11 atom stereocenters. The van der Waals surface area contributed by atoms with E-state index < -0.39 is 18.4 Å². The van der Waals surface area contributed by atoms with Gasteiger partial charge in [-0.05, 0) is 105 Å². The van der Waals surface area contributed by atoms with Gasteiger partial charge >= 0.3 is 12.1 Å². The maximum atomic E-state index is 11.9. The molecule has 7 nitrogen and oxygen atoms in total. The fourth-order valence-electron chi connectivity index (χ4n) is 9.16. The topological polar surface area (TPSA) is 102 Å². The molecular formula is C28H46O7. The fraction of sp³-hybridized carbons (Fsp3) is 0.929. The summed E-state index contributed by atoms with van der Waals surface area (Å²) < 4.78 is 15.4. The van der Waals surface area contributed by atoms with E-state index in [1.165, 1.54) is 7.11 Å². The first kappa shape index (κ1) is 26.7. The summed E-state index contributed by atoms with van der Waals surface area (Å²) >= 11 is 0. The van der Waals surface area contributed by atoms with Crippen molar-refractivity contribution in [2.75, 3.05) is 13.7 Å². The highest BCUT2D eigenvalue weighted by Crippen LogP contribution is 2.68. The number of hydrogen-bond acceptors (Lipinski definition) is 7. The molecule has 0 heterocycles. The van der Waals surface area contributed by atoms with Crippen LogP contribution in [0.4, 0.5) is 4.79 Å². The Morgan fingerprint density at radius 3 is 2.49 bits per heavy atom. The van der Waals surface area contributed by atoms with E-state index in [1.807, 2.05) is 0 Å².